The predicted octanol–water partition coefficient (Wildman–Crippen LogP) is 20.0. The zero-order valence-corrected chi connectivity index (χ0v) is 40.4. The minimum absolute atomic E-state index is 0.834. The molecule has 0 saturated carbocycles. The van der Waals surface area contributed by atoms with E-state index in [0.717, 1.165) is 128 Å². The highest BCUT2D eigenvalue weighted by molar-refractivity contribution is 6.18. The summed E-state index contributed by atoms with van der Waals surface area (Å²) in [6.45, 7) is 0. The summed E-state index contributed by atoms with van der Waals surface area (Å²) in [5.74, 6) is 0. The fraction of sp³-hybridized carbons (Fsp3) is 0. The van der Waals surface area contributed by atoms with Crippen molar-refractivity contribution in [3.05, 3.63) is 279 Å². The maximum atomic E-state index is 6.66. The first-order valence-corrected chi connectivity index (χ1v) is 25.2. The van der Waals surface area contributed by atoms with Crippen molar-refractivity contribution in [2.75, 3.05) is 9.80 Å². The van der Waals surface area contributed by atoms with E-state index in [2.05, 4.69) is 288 Å². The van der Waals surface area contributed by atoms with Crippen LogP contribution in [-0.2, 0) is 0 Å². The molecule has 1 N–H and O–H groups in total. The molecule has 0 unspecified atom stereocenters. The van der Waals surface area contributed by atoms with Gasteiger partial charge >= 0.3 is 0 Å². The van der Waals surface area contributed by atoms with E-state index in [1.54, 1.807) is 0 Å². The van der Waals surface area contributed by atoms with Crippen molar-refractivity contribution in [2.45, 2.75) is 0 Å². The molecule has 0 aliphatic rings. The van der Waals surface area contributed by atoms with E-state index in [1.165, 1.54) is 5.39 Å². The Morgan fingerprint density at radius 3 is 1.41 bits per heavy atom. The number of fused-ring (bicyclic) bond motifs is 7. The lowest BCUT2D eigenvalue weighted by Crippen LogP contribution is -2.14. The van der Waals surface area contributed by atoms with Gasteiger partial charge in [-0.25, -0.2) is 0 Å². The molecule has 14 rings (SSSR count). The number of aromatic nitrogens is 1. The van der Waals surface area contributed by atoms with Gasteiger partial charge in [0.15, 0.2) is 0 Å². The van der Waals surface area contributed by atoms with Gasteiger partial charge in [0.1, 0.15) is 11.2 Å². The number of furan rings is 1. The Hall–Kier alpha value is -9.90. The monoisotopic (exact) mass is 945 g/mol. The molecular formula is C70H47N3O. The third-order valence-electron chi connectivity index (χ3n) is 14.6. The molecule has 14 aromatic rings. The Morgan fingerprint density at radius 2 is 0.743 bits per heavy atom. The van der Waals surface area contributed by atoms with E-state index in [4.69, 9.17) is 4.42 Å². The number of H-pyrrole nitrogens is 1. The first-order valence-electron chi connectivity index (χ1n) is 25.2. The molecule has 74 heavy (non-hydrogen) atoms. The van der Waals surface area contributed by atoms with Gasteiger partial charge in [-0.05, 0) is 111 Å². The number of benzene rings is 12. The number of nitrogens with zero attached hydrogens (tertiary/aromatic N) is 2. The molecule has 12 aromatic carbocycles. The fourth-order valence-electron chi connectivity index (χ4n) is 11.3. The van der Waals surface area contributed by atoms with Crippen LogP contribution in [0.3, 0.4) is 0 Å². The van der Waals surface area contributed by atoms with Gasteiger partial charge in [-0.1, -0.05) is 206 Å². The van der Waals surface area contributed by atoms with Gasteiger partial charge in [0.25, 0.3) is 0 Å². The summed E-state index contributed by atoms with van der Waals surface area (Å²) in [6.07, 6.45) is 0. The largest absolute Gasteiger partial charge is 0.456 e. The lowest BCUT2D eigenvalue weighted by atomic mass is 9.91. The summed E-state index contributed by atoms with van der Waals surface area (Å²) in [7, 11) is 0. The normalized spacial score (nSPS) is 11.5. The molecule has 0 spiro atoms. The number of para-hydroxylation sites is 4. The Labute approximate surface area is 429 Å². The van der Waals surface area contributed by atoms with Gasteiger partial charge in [0.2, 0.25) is 0 Å². The maximum absolute atomic E-state index is 6.66. The van der Waals surface area contributed by atoms with Crippen LogP contribution >= 0.6 is 0 Å². The van der Waals surface area contributed by atoms with E-state index in [9.17, 15) is 0 Å². The van der Waals surface area contributed by atoms with Crippen molar-refractivity contribution in [1.82, 2.24) is 4.98 Å². The highest BCUT2D eigenvalue weighted by Crippen LogP contribution is 2.52. The summed E-state index contributed by atoms with van der Waals surface area (Å²) < 4.78 is 6.66. The molecule has 0 bridgehead atoms. The van der Waals surface area contributed by atoms with Gasteiger partial charge in [-0.15, -0.1) is 0 Å². The van der Waals surface area contributed by atoms with Crippen LogP contribution in [0, 0.1) is 0 Å². The molecule has 0 aliphatic carbocycles. The zero-order chi connectivity index (χ0) is 49.0. The summed E-state index contributed by atoms with van der Waals surface area (Å²) in [6, 6.07) is 101. The van der Waals surface area contributed by atoms with Crippen LogP contribution in [-0.4, -0.2) is 4.98 Å². The summed E-state index contributed by atoms with van der Waals surface area (Å²) in [4.78, 5) is 8.73. The molecule has 0 radical (unpaired) electrons. The Balaban J connectivity index is 1.13. The quantitative estimate of drug-likeness (QED) is 0.148. The van der Waals surface area contributed by atoms with Crippen molar-refractivity contribution >= 4 is 88.6 Å². The minimum atomic E-state index is 0.834. The molecule has 4 heteroatoms. The number of aromatic amines is 1. The number of anilines is 6. The standard InChI is InChI=1S/C70H47N3O/c1-5-23-47(24-6-1)53-31-14-18-37-62(53)72(64-39-21-36-61-69(64)55-33-13-17-35-60(55)71-61)52-43-51-44-66(59(50-29-11-4-12-30-50)46-58(51)57(45-52)49-27-9-3-10-28-49)73(63-38-19-15-32-54(63)48-25-7-2-8-26-48)65-40-22-42-68-70(65)56-34-16-20-41-67(56)74-68/h1-46,71H. The summed E-state index contributed by atoms with van der Waals surface area (Å²) >= 11 is 0. The van der Waals surface area contributed by atoms with E-state index in [-0.39, 0.29) is 0 Å². The molecule has 0 aliphatic heterocycles. The molecule has 0 atom stereocenters. The molecule has 2 aromatic heterocycles. The SMILES string of the molecule is c1ccc(-c2ccccc2N(c2cc(-c3ccccc3)c3cc(-c4ccccc4)c(N(c4ccccc4-c4ccccc4)c4cccc5oc6ccccc6c45)cc3c2)c2cccc3[nH]c4ccccc4c23)cc1. The first-order chi connectivity index (χ1) is 36.7. The van der Waals surface area contributed by atoms with Crippen LogP contribution in [0.25, 0.3) is 99.0 Å². The average Bonchev–Trinajstić information content (AvgIpc) is 4.06. The molecule has 4 nitrogen and oxygen atoms in total. The Kier molecular flexibility index (Phi) is 10.5. The second-order valence-corrected chi connectivity index (χ2v) is 18.9. The van der Waals surface area contributed by atoms with Crippen molar-refractivity contribution in [3.63, 3.8) is 0 Å². The van der Waals surface area contributed by atoms with Gasteiger partial charge in [0.05, 0.1) is 33.8 Å². The number of hydrogen-bond acceptors (Lipinski definition) is 3. The third-order valence-corrected chi connectivity index (χ3v) is 14.6. The van der Waals surface area contributed by atoms with Crippen LogP contribution < -0.4 is 9.80 Å². The van der Waals surface area contributed by atoms with Crippen LogP contribution in [0.4, 0.5) is 34.1 Å². The fourth-order valence-corrected chi connectivity index (χ4v) is 11.3. The van der Waals surface area contributed by atoms with E-state index in [1.807, 2.05) is 6.07 Å². The van der Waals surface area contributed by atoms with Crippen LogP contribution in [0.2, 0.25) is 0 Å². The van der Waals surface area contributed by atoms with Gasteiger partial charge in [-0.3, -0.25) is 0 Å². The van der Waals surface area contributed by atoms with E-state index < -0.39 is 0 Å². The molecule has 0 saturated heterocycles. The number of rotatable bonds is 10. The highest BCUT2D eigenvalue weighted by Gasteiger charge is 2.27. The number of hydrogen-bond donors (Lipinski definition) is 1. The Morgan fingerprint density at radius 1 is 0.270 bits per heavy atom. The third kappa shape index (κ3) is 7.31. The van der Waals surface area contributed by atoms with Gasteiger partial charge in [0, 0.05) is 49.6 Å². The van der Waals surface area contributed by atoms with Crippen molar-refractivity contribution in [1.29, 1.82) is 0 Å². The van der Waals surface area contributed by atoms with Crippen molar-refractivity contribution in [2.24, 2.45) is 0 Å². The zero-order valence-electron chi connectivity index (χ0n) is 40.4. The highest BCUT2D eigenvalue weighted by atomic mass is 16.3. The molecule has 0 fully saturated rings. The number of nitrogens with one attached hydrogen (secondary N) is 1. The van der Waals surface area contributed by atoms with Crippen LogP contribution in [0.15, 0.2) is 283 Å². The van der Waals surface area contributed by atoms with Crippen LogP contribution in [0.5, 0.6) is 0 Å². The molecule has 0 amide bonds. The summed E-state index contributed by atoms with van der Waals surface area (Å²) in [5.41, 5.74) is 19.2. The van der Waals surface area contributed by atoms with Crippen molar-refractivity contribution in [3.8, 4) is 44.5 Å². The lowest BCUT2D eigenvalue weighted by Gasteiger charge is -2.32. The summed E-state index contributed by atoms with van der Waals surface area (Å²) in [5, 5.41) is 6.70. The minimum Gasteiger partial charge on any atom is -0.456 e. The lowest BCUT2D eigenvalue weighted by molar-refractivity contribution is 0.669. The first kappa shape index (κ1) is 42.9. The second kappa shape index (κ2) is 18.1. The second-order valence-electron chi connectivity index (χ2n) is 18.9. The van der Waals surface area contributed by atoms with Crippen molar-refractivity contribution < 1.29 is 4.42 Å². The topological polar surface area (TPSA) is 35.4 Å². The molecule has 348 valence electrons. The van der Waals surface area contributed by atoms with Gasteiger partial charge < -0.3 is 19.2 Å². The maximum Gasteiger partial charge on any atom is 0.137 e. The van der Waals surface area contributed by atoms with Gasteiger partial charge in [-0.2, -0.15) is 0 Å². The van der Waals surface area contributed by atoms with Crippen LogP contribution in [0.1, 0.15) is 0 Å². The van der Waals surface area contributed by atoms with E-state index in [0.29, 0.717) is 0 Å². The van der Waals surface area contributed by atoms with E-state index >= 15 is 0 Å². The Bertz CT molecular complexity index is 4370. The average molecular weight is 946 g/mol. The molecule has 2 heterocycles. The molecular weight excluding hydrogens is 899 g/mol. The smallest absolute Gasteiger partial charge is 0.137 e. The predicted molar refractivity (Wildman–Crippen MR) is 312 cm³/mol.